The maximum Gasteiger partial charge on any atom is 0.309 e. The Labute approximate surface area is 206 Å². The van der Waals surface area contributed by atoms with E-state index in [0.717, 1.165) is 35.5 Å². The molecule has 2 fully saturated rings. The number of Topliss-reactive ketones (excluding diaryl/α,β-unsaturated/α-hetero) is 1. The lowest BCUT2D eigenvalue weighted by molar-refractivity contribution is -0.154. The highest BCUT2D eigenvalue weighted by molar-refractivity contribution is 7.09. The third kappa shape index (κ3) is 6.53. The smallest absolute Gasteiger partial charge is 0.309 e. The van der Waals surface area contributed by atoms with Crippen LogP contribution in [0.1, 0.15) is 77.4 Å². The summed E-state index contributed by atoms with van der Waals surface area (Å²) in [6.07, 6.45) is 2.28. The van der Waals surface area contributed by atoms with E-state index < -0.39 is 35.6 Å². The van der Waals surface area contributed by atoms with Gasteiger partial charge in [-0.3, -0.25) is 9.59 Å². The Morgan fingerprint density at radius 1 is 1.21 bits per heavy atom. The SMILES string of the molecule is C/C(=C\c1csc(C)n1)C1CC2OC2CCCC(C)C(O)C(C)C(=O)C(C)(C)C(O)CC(=O)O1. The highest BCUT2D eigenvalue weighted by atomic mass is 32.1. The summed E-state index contributed by atoms with van der Waals surface area (Å²) in [4.78, 5) is 30.5. The summed E-state index contributed by atoms with van der Waals surface area (Å²) in [5, 5.41) is 24.5. The lowest BCUT2D eigenvalue weighted by atomic mass is 9.73. The van der Waals surface area contributed by atoms with Gasteiger partial charge in [0.2, 0.25) is 0 Å². The Balaban J connectivity index is 1.81. The second-order valence-corrected chi connectivity index (χ2v) is 11.7. The van der Waals surface area contributed by atoms with E-state index in [9.17, 15) is 19.8 Å². The van der Waals surface area contributed by atoms with Gasteiger partial charge in [-0.2, -0.15) is 0 Å². The summed E-state index contributed by atoms with van der Waals surface area (Å²) >= 11 is 1.56. The molecule has 0 saturated carbocycles. The minimum absolute atomic E-state index is 0.00770. The fraction of sp³-hybridized carbons (Fsp3) is 0.731. The highest BCUT2D eigenvalue weighted by Crippen LogP contribution is 2.36. The van der Waals surface area contributed by atoms with Gasteiger partial charge in [-0.1, -0.05) is 34.1 Å². The molecule has 34 heavy (non-hydrogen) atoms. The van der Waals surface area contributed by atoms with E-state index in [0.29, 0.717) is 6.42 Å². The average Bonchev–Trinajstić information content (AvgIpc) is 3.38. The number of cyclic esters (lactones) is 1. The molecule has 0 aliphatic carbocycles. The van der Waals surface area contributed by atoms with E-state index in [1.165, 1.54) is 0 Å². The van der Waals surface area contributed by atoms with Crippen molar-refractivity contribution in [3.8, 4) is 0 Å². The minimum atomic E-state index is -1.22. The molecule has 1 aromatic heterocycles. The van der Waals surface area contributed by atoms with Crippen molar-refractivity contribution >= 4 is 29.2 Å². The summed E-state index contributed by atoms with van der Waals surface area (Å²) in [5.41, 5.74) is 0.494. The predicted octanol–water partition coefficient (Wildman–Crippen LogP) is 4.09. The number of aliphatic hydroxyl groups is 2. The molecule has 1 aromatic rings. The first-order valence-electron chi connectivity index (χ1n) is 12.3. The standard InChI is InChI=1S/C26H39NO6S/c1-14-8-7-9-19-21(32-19)11-20(15(2)10-18-13-34-17(4)27-18)33-23(29)12-22(28)26(5,6)25(31)16(3)24(14)30/h10,13-14,16,19-22,24,28,30H,7-9,11-12H2,1-6H3/b15-10+. The number of rotatable bonds is 2. The fourth-order valence-electron chi connectivity index (χ4n) is 4.78. The van der Waals surface area contributed by atoms with Crippen molar-refractivity contribution in [2.75, 3.05) is 0 Å². The number of esters is 1. The molecule has 2 aliphatic rings. The van der Waals surface area contributed by atoms with Gasteiger partial charge in [0.25, 0.3) is 0 Å². The maximum atomic E-state index is 13.2. The van der Waals surface area contributed by atoms with Crippen molar-refractivity contribution in [3.05, 3.63) is 21.7 Å². The molecule has 2 saturated heterocycles. The van der Waals surface area contributed by atoms with Gasteiger partial charge in [0, 0.05) is 17.7 Å². The molecule has 3 heterocycles. The number of epoxide rings is 1. The van der Waals surface area contributed by atoms with E-state index in [1.807, 2.05) is 32.2 Å². The highest BCUT2D eigenvalue weighted by Gasteiger charge is 2.44. The fourth-order valence-corrected chi connectivity index (χ4v) is 5.35. The Hall–Kier alpha value is -1.61. The van der Waals surface area contributed by atoms with Crippen molar-refractivity contribution in [2.24, 2.45) is 17.3 Å². The van der Waals surface area contributed by atoms with Crippen LogP contribution in [0.15, 0.2) is 11.0 Å². The lowest BCUT2D eigenvalue weighted by Crippen LogP contribution is -2.45. The summed E-state index contributed by atoms with van der Waals surface area (Å²) in [6.45, 7) is 10.8. The molecule has 190 valence electrons. The van der Waals surface area contributed by atoms with Crippen LogP contribution in [0.25, 0.3) is 6.08 Å². The van der Waals surface area contributed by atoms with Gasteiger partial charge in [0.1, 0.15) is 11.9 Å². The van der Waals surface area contributed by atoms with E-state index in [4.69, 9.17) is 9.47 Å². The minimum Gasteiger partial charge on any atom is -0.458 e. The van der Waals surface area contributed by atoms with Gasteiger partial charge < -0.3 is 19.7 Å². The first-order chi connectivity index (χ1) is 15.9. The van der Waals surface area contributed by atoms with Crippen LogP contribution in [-0.2, 0) is 19.1 Å². The van der Waals surface area contributed by atoms with Crippen molar-refractivity contribution in [2.45, 2.75) is 104 Å². The molecule has 8 heteroatoms. The normalized spacial score (nSPS) is 36.0. The van der Waals surface area contributed by atoms with Crippen LogP contribution in [0, 0.1) is 24.2 Å². The van der Waals surface area contributed by atoms with Gasteiger partial charge in [0.15, 0.2) is 0 Å². The summed E-state index contributed by atoms with van der Waals surface area (Å²) < 4.78 is 11.7. The van der Waals surface area contributed by atoms with E-state index in [-0.39, 0.29) is 30.3 Å². The topological polar surface area (TPSA) is 109 Å². The van der Waals surface area contributed by atoms with E-state index in [2.05, 4.69) is 4.98 Å². The van der Waals surface area contributed by atoms with Gasteiger partial charge in [-0.05, 0) is 44.3 Å². The third-order valence-electron chi connectivity index (χ3n) is 7.41. The van der Waals surface area contributed by atoms with E-state index in [1.54, 1.807) is 32.1 Å². The third-order valence-corrected chi connectivity index (χ3v) is 8.20. The van der Waals surface area contributed by atoms with Gasteiger partial charge in [0.05, 0.1) is 47.0 Å². The number of hydrogen-bond acceptors (Lipinski definition) is 8. The summed E-state index contributed by atoms with van der Waals surface area (Å²) in [5.74, 6) is -1.52. The van der Waals surface area contributed by atoms with Crippen LogP contribution in [-0.4, -0.2) is 57.5 Å². The second kappa shape index (κ2) is 11.0. The van der Waals surface area contributed by atoms with Crippen LogP contribution in [0.2, 0.25) is 0 Å². The van der Waals surface area contributed by atoms with Gasteiger partial charge >= 0.3 is 5.97 Å². The van der Waals surface area contributed by atoms with Crippen molar-refractivity contribution < 1.29 is 29.3 Å². The number of ether oxygens (including phenoxy) is 2. The molecule has 7 atom stereocenters. The number of fused-ring (bicyclic) bond motifs is 1. The van der Waals surface area contributed by atoms with Crippen LogP contribution in [0.3, 0.4) is 0 Å². The van der Waals surface area contributed by atoms with Crippen molar-refractivity contribution in [3.63, 3.8) is 0 Å². The molecule has 7 unspecified atom stereocenters. The molecular formula is C26H39NO6S. The average molecular weight is 494 g/mol. The zero-order chi connectivity index (χ0) is 25.2. The first kappa shape index (κ1) is 27.0. The Morgan fingerprint density at radius 2 is 1.91 bits per heavy atom. The lowest BCUT2D eigenvalue weighted by Gasteiger charge is -2.34. The number of carbonyl (C=O) groups excluding carboxylic acids is 2. The molecule has 0 amide bonds. The number of aromatic nitrogens is 1. The molecule has 0 spiro atoms. The second-order valence-electron chi connectivity index (χ2n) is 10.6. The number of aryl methyl sites for hydroxylation is 1. The van der Waals surface area contributed by atoms with Crippen molar-refractivity contribution in [1.29, 1.82) is 0 Å². The quantitative estimate of drug-likeness (QED) is 0.472. The Morgan fingerprint density at radius 3 is 2.56 bits per heavy atom. The molecular weight excluding hydrogens is 454 g/mol. The van der Waals surface area contributed by atoms with Gasteiger partial charge in [-0.25, -0.2) is 4.98 Å². The Kier molecular flexibility index (Phi) is 8.71. The molecule has 0 bridgehead atoms. The number of carbonyl (C=O) groups is 2. The van der Waals surface area contributed by atoms with Crippen LogP contribution < -0.4 is 0 Å². The monoisotopic (exact) mass is 493 g/mol. The van der Waals surface area contributed by atoms with Crippen LogP contribution in [0.4, 0.5) is 0 Å². The summed E-state index contributed by atoms with van der Waals surface area (Å²) in [7, 11) is 0. The number of nitrogens with zero attached hydrogens (tertiary/aromatic N) is 1. The maximum absolute atomic E-state index is 13.2. The van der Waals surface area contributed by atoms with Crippen LogP contribution in [0.5, 0.6) is 0 Å². The molecule has 7 nitrogen and oxygen atoms in total. The number of ketones is 1. The molecule has 2 aliphatic heterocycles. The zero-order valence-electron chi connectivity index (χ0n) is 21.1. The molecule has 0 aromatic carbocycles. The molecule has 3 rings (SSSR count). The number of hydrogen-bond donors (Lipinski definition) is 2. The largest absolute Gasteiger partial charge is 0.458 e. The van der Waals surface area contributed by atoms with Crippen LogP contribution >= 0.6 is 11.3 Å². The molecule has 0 radical (unpaired) electrons. The Bertz CT molecular complexity index is 909. The summed E-state index contributed by atoms with van der Waals surface area (Å²) in [6, 6.07) is 0. The van der Waals surface area contributed by atoms with Gasteiger partial charge in [-0.15, -0.1) is 11.3 Å². The van der Waals surface area contributed by atoms with E-state index >= 15 is 0 Å². The zero-order valence-corrected chi connectivity index (χ0v) is 21.9. The first-order valence-corrected chi connectivity index (χ1v) is 13.1. The molecule has 2 N–H and O–H groups in total. The van der Waals surface area contributed by atoms with Crippen molar-refractivity contribution in [1.82, 2.24) is 4.98 Å². The number of aliphatic hydroxyl groups excluding tert-OH is 2. The predicted molar refractivity (Wildman–Crippen MR) is 131 cm³/mol. The number of thiazole rings is 1.